The Morgan fingerprint density at radius 2 is 1.21 bits per heavy atom. The number of aromatic nitrogens is 2. The van der Waals surface area contributed by atoms with Crippen LogP contribution < -0.4 is 15.6 Å². The molecule has 5 aliphatic heterocycles. The van der Waals surface area contributed by atoms with Crippen LogP contribution in [-0.2, 0) is 33.1 Å². The summed E-state index contributed by atoms with van der Waals surface area (Å²) in [5.74, 6) is 4.33. The van der Waals surface area contributed by atoms with E-state index >= 15 is 0 Å². The number of hydrogen-bond acceptors (Lipinski definition) is 10. The number of nitrogens with zero attached hydrogens (tertiary/aromatic N) is 6. The average molecular weight is 1160 g/mol. The third kappa shape index (κ3) is 12.8. The van der Waals surface area contributed by atoms with Crippen LogP contribution in [0.2, 0.25) is 0 Å². The summed E-state index contributed by atoms with van der Waals surface area (Å²) in [6.45, 7) is 14.2. The Morgan fingerprint density at radius 3 is 1.94 bits per heavy atom. The van der Waals surface area contributed by atoms with E-state index in [1.165, 1.54) is 102 Å². The van der Waals surface area contributed by atoms with Gasteiger partial charge in [0.1, 0.15) is 4.90 Å². The lowest BCUT2D eigenvalue weighted by Gasteiger charge is -2.31. The number of para-hydroxylation sites is 2. The lowest BCUT2D eigenvalue weighted by Crippen LogP contribution is -3.07. The molecule has 9 unspecified atom stereocenters. The maximum Gasteiger partial charge on any atom is 0.296 e. The van der Waals surface area contributed by atoms with Crippen molar-refractivity contribution in [2.75, 3.05) is 73.5 Å². The van der Waals surface area contributed by atoms with Gasteiger partial charge in [-0.05, 0) is 135 Å². The zero-order chi connectivity index (χ0) is 56.0. The summed E-state index contributed by atoms with van der Waals surface area (Å²) in [4.78, 5) is 23.1. The minimum absolute atomic E-state index is 0.166. The van der Waals surface area contributed by atoms with Gasteiger partial charge in [0, 0.05) is 48.3 Å². The molecule has 3 N–H and O–H groups in total. The second-order valence-corrected chi connectivity index (χ2v) is 29.2. The van der Waals surface area contributed by atoms with Crippen molar-refractivity contribution in [2.24, 2.45) is 45.5 Å². The Morgan fingerprint density at radius 1 is 0.588 bits per heavy atom. The second-order valence-electron chi connectivity index (χ2n) is 24.3. The number of rotatable bonds is 18. The van der Waals surface area contributed by atoms with Gasteiger partial charge in [0.2, 0.25) is 0 Å². The number of likely N-dealkylation sites (tertiary alicyclic amines) is 3. The lowest BCUT2D eigenvalue weighted by molar-refractivity contribution is -0.900. The van der Waals surface area contributed by atoms with Crippen LogP contribution in [0.3, 0.4) is 0 Å². The summed E-state index contributed by atoms with van der Waals surface area (Å²) in [6, 6.07) is 37.4. The summed E-state index contributed by atoms with van der Waals surface area (Å²) in [7, 11) is -1.45. The highest BCUT2D eigenvalue weighted by Gasteiger charge is 2.46. The van der Waals surface area contributed by atoms with Gasteiger partial charge in [0.05, 0.1) is 142 Å². The fourth-order valence-corrected chi connectivity index (χ4v) is 17.3. The van der Waals surface area contributed by atoms with Gasteiger partial charge in [0.25, 0.3) is 20.2 Å². The van der Waals surface area contributed by atoms with E-state index in [1.54, 1.807) is 57.9 Å². The summed E-state index contributed by atoms with van der Waals surface area (Å²) in [6.07, 6.45) is 9.43. The minimum atomic E-state index is -4.42. The largest absolute Gasteiger partial charge is 0.337 e. The van der Waals surface area contributed by atoms with Crippen molar-refractivity contribution >= 4 is 74.7 Å². The van der Waals surface area contributed by atoms with Crippen LogP contribution >= 0.6 is 22.7 Å². The quantitative estimate of drug-likeness (QED) is 0.0434. The Labute approximate surface area is 479 Å². The molecule has 0 amide bonds. The molecule has 11 rings (SSSR count). The molecule has 17 heteroatoms. The first kappa shape index (κ1) is 56.5. The molecule has 13 nitrogen and oxygen atoms in total. The molecule has 0 bridgehead atoms. The third-order valence-corrected chi connectivity index (χ3v) is 22.3. The summed E-state index contributed by atoms with van der Waals surface area (Å²) in [5.41, 5.74) is 6.81. The highest BCUT2D eigenvalue weighted by molar-refractivity contribution is 7.86. The molecule has 9 atom stereocenters. The van der Waals surface area contributed by atoms with E-state index in [0.717, 1.165) is 99.2 Å². The van der Waals surface area contributed by atoms with Crippen molar-refractivity contribution < 1.29 is 39.8 Å². The lowest BCUT2D eigenvalue weighted by atomic mass is 9.80. The average Bonchev–Trinajstić information content (AvgIpc) is 4.15. The highest BCUT2D eigenvalue weighted by atomic mass is 32.2. The summed E-state index contributed by atoms with van der Waals surface area (Å²) in [5, 5.41) is 1.40. The SMILES string of the molecule is CCC1C[NH+](C)CC1CCC1C[N+](C)(CCc2cc3nc4ccccc4sc-3cc2=Nc2cccc(S(=O)(=O)O)c2)CC1CCC1C[N+](C)(CCc2ccc3sc4cc(=Nc5ccccc5S(=O)(=O)O)ccc-4nc3c2)CC1CC. The number of quaternary nitrogens is 3. The predicted molar refractivity (Wildman–Crippen MR) is 321 cm³/mol. The summed E-state index contributed by atoms with van der Waals surface area (Å²) < 4.78 is 72.3. The number of benzene rings is 6. The van der Waals surface area contributed by atoms with Crippen molar-refractivity contribution in [2.45, 2.75) is 75.0 Å². The molecule has 0 spiro atoms. The number of fused-ring (bicyclic) bond motifs is 4. The van der Waals surface area contributed by atoms with Gasteiger partial charge in [-0.2, -0.15) is 16.8 Å². The van der Waals surface area contributed by atoms with Crippen LogP contribution in [0.4, 0.5) is 11.4 Å². The maximum absolute atomic E-state index is 12.2. The second kappa shape index (κ2) is 23.1. The van der Waals surface area contributed by atoms with Crippen LogP contribution in [-0.4, -0.2) is 118 Å². The topological polar surface area (TPSA) is 164 Å². The van der Waals surface area contributed by atoms with Gasteiger partial charge in [0.15, 0.2) is 0 Å². The van der Waals surface area contributed by atoms with E-state index in [4.69, 9.17) is 15.0 Å². The van der Waals surface area contributed by atoms with Gasteiger partial charge in [-0.15, -0.1) is 22.7 Å². The van der Waals surface area contributed by atoms with Gasteiger partial charge in [-0.25, -0.2) is 20.0 Å². The Balaban J connectivity index is 0.793. The molecule has 2 aliphatic carbocycles. The number of hydrogen-bond donors (Lipinski definition) is 3. The molecule has 0 radical (unpaired) electrons. The van der Waals surface area contributed by atoms with Crippen LogP contribution in [0.15, 0.2) is 141 Å². The first-order valence-electron chi connectivity index (χ1n) is 28.7. The standard InChI is InChI=1S/C63H73N7O6S4/c1-6-43-36-68(3)37-46(43)20-21-48-40-70(5,30-28-45-32-58-62(77-59-17-10-8-15-53(59)66-58)35-56(45)65-50-13-12-14-52(33-50)79(71,72)73)41-49(48)23-22-47-39-69(4,38-44(47)7-2)29-27-42-19-26-60-57(31-42)67-54-25-24-51(34-61(54)78-60)64-55-16-9-11-18-63(55)80(74,75)76/h8-19,24-26,31-35,43-44,46-49H,6-7,20-23,27-30,36-41H2,1-5H3/p+3. The van der Waals surface area contributed by atoms with E-state index in [1.807, 2.05) is 30.3 Å². The Hall–Kier alpha value is -5.34. The van der Waals surface area contributed by atoms with Gasteiger partial charge >= 0.3 is 0 Å². The third-order valence-electron chi connectivity index (χ3n) is 18.3. The molecule has 5 heterocycles. The van der Waals surface area contributed by atoms with Crippen molar-refractivity contribution in [3.63, 3.8) is 0 Å². The van der Waals surface area contributed by atoms with Crippen molar-refractivity contribution in [3.05, 3.63) is 143 Å². The minimum Gasteiger partial charge on any atom is -0.337 e. The van der Waals surface area contributed by atoms with Gasteiger partial charge in [-0.1, -0.05) is 50.2 Å². The fourth-order valence-electron chi connectivity index (χ4n) is 14.2. The molecule has 0 aromatic heterocycles. The van der Waals surface area contributed by atoms with Crippen molar-refractivity contribution in [3.8, 4) is 21.1 Å². The maximum atomic E-state index is 12.2. The van der Waals surface area contributed by atoms with Crippen LogP contribution in [0.25, 0.3) is 41.6 Å². The molecule has 4 aromatic carbocycles. The Bertz CT molecular complexity index is 3890. The normalized spacial score (nSPS) is 26.0. The molecular formula is C63H76N7O6S4+3. The highest BCUT2D eigenvalue weighted by Crippen LogP contribution is 2.42. The predicted octanol–water partition coefficient (Wildman–Crippen LogP) is 10.4. The van der Waals surface area contributed by atoms with Crippen LogP contribution in [0.5, 0.6) is 0 Å². The molecule has 80 heavy (non-hydrogen) atoms. The van der Waals surface area contributed by atoms with Crippen molar-refractivity contribution in [1.29, 1.82) is 0 Å². The molecule has 3 fully saturated rings. The monoisotopic (exact) mass is 1150 g/mol. The molecule has 0 saturated carbocycles. The number of nitrogens with one attached hydrogen (secondary N) is 1. The zero-order valence-electron chi connectivity index (χ0n) is 46.7. The van der Waals surface area contributed by atoms with E-state index < -0.39 is 20.2 Å². The van der Waals surface area contributed by atoms with Crippen molar-refractivity contribution in [1.82, 2.24) is 9.97 Å². The molecule has 3 saturated heterocycles. The van der Waals surface area contributed by atoms with Gasteiger partial charge < -0.3 is 13.9 Å². The zero-order valence-corrected chi connectivity index (χ0v) is 49.9. The smallest absolute Gasteiger partial charge is 0.296 e. The van der Waals surface area contributed by atoms with Crippen LogP contribution in [0, 0.1) is 35.5 Å². The summed E-state index contributed by atoms with van der Waals surface area (Å²) >= 11 is 3.33. The molecule has 4 aromatic rings. The fraction of sp³-hybridized carbons (Fsp3) is 0.429. The molecule has 420 valence electrons. The van der Waals surface area contributed by atoms with E-state index in [2.05, 4.69) is 82.4 Å². The first-order chi connectivity index (χ1) is 38.3. The van der Waals surface area contributed by atoms with E-state index in [-0.39, 0.29) is 15.5 Å². The Kier molecular flexibility index (Phi) is 16.3. The molecular weight excluding hydrogens is 1080 g/mol. The van der Waals surface area contributed by atoms with E-state index in [0.29, 0.717) is 34.7 Å². The first-order valence-corrected chi connectivity index (χ1v) is 33.2. The van der Waals surface area contributed by atoms with Crippen LogP contribution in [0.1, 0.15) is 63.5 Å². The van der Waals surface area contributed by atoms with E-state index in [9.17, 15) is 25.9 Å². The molecule has 7 aliphatic rings. The van der Waals surface area contributed by atoms with Gasteiger partial charge in [-0.3, -0.25) is 9.11 Å². The number of likely N-dealkylation sites (N-methyl/N-ethyl adjacent to an activating group) is 2.